The molecule has 0 aliphatic carbocycles. The molecule has 3 heteroatoms. The summed E-state index contributed by atoms with van der Waals surface area (Å²) < 4.78 is 0. The molecule has 0 amide bonds. The Bertz CT molecular complexity index is 1990. The van der Waals surface area contributed by atoms with E-state index in [1.165, 1.54) is 48.7 Å². The molecule has 0 saturated heterocycles. The molecule has 8 aromatic rings. The quantitative estimate of drug-likeness (QED) is 0.0966. The van der Waals surface area contributed by atoms with Crippen LogP contribution in [0.15, 0.2) is 116 Å². The first kappa shape index (κ1) is 27.0. The van der Waals surface area contributed by atoms with Gasteiger partial charge in [0.05, 0.1) is 0 Å². The van der Waals surface area contributed by atoms with Gasteiger partial charge in [-0.15, -0.1) is 59.5 Å². The number of pyridine rings is 2. The minimum Gasteiger partial charge on any atom is -0.305 e. The van der Waals surface area contributed by atoms with E-state index in [4.69, 9.17) is 4.98 Å². The summed E-state index contributed by atoms with van der Waals surface area (Å²) in [5, 5.41) is 11.5. The van der Waals surface area contributed by atoms with Gasteiger partial charge in [0.25, 0.3) is 0 Å². The van der Waals surface area contributed by atoms with Crippen LogP contribution in [0.5, 0.6) is 0 Å². The smallest absolute Gasteiger partial charge is 0.0161 e. The van der Waals surface area contributed by atoms with Crippen LogP contribution in [0.2, 0.25) is 0 Å². The van der Waals surface area contributed by atoms with Gasteiger partial charge < -0.3 is 9.97 Å². The summed E-state index contributed by atoms with van der Waals surface area (Å²) in [6.07, 6.45) is 3.68. The molecule has 0 atom stereocenters. The molecule has 6 aromatic carbocycles. The predicted molar refractivity (Wildman–Crippen MR) is 169 cm³/mol. The van der Waals surface area contributed by atoms with E-state index in [2.05, 4.69) is 86.4 Å². The minimum atomic E-state index is 0. The summed E-state index contributed by atoms with van der Waals surface area (Å²) in [7, 11) is 0. The number of fused-ring (bicyclic) bond motifs is 6. The van der Waals surface area contributed by atoms with Crippen molar-refractivity contribution in [1.29, 1.82) is 0 Å². The zero-order chi connectivity index (χ0) is 27.3. The second-order valence-electron chi connectivity index (χ2n) is 11.3. The van der Waals surface area contributed by atoms with Gasteiger partial charge in [0.1, 0.15) is 0 Å². The van der Waals surface area contributed by atoms with E-state index >= 15 is 0 Å². The van der Waals surface area contributed by atoms with Gasteiger partial charge in [0, 0.05) is 32.5 Å². The van der Waals surface area contributed by atoms with E-state index in [1.54, 1.807) is 6.20 Å². The van der Waals surface area contributed by atoms with E-state index < -0.39 is 0 Å². The minimum absolute atomic E-state index is 0. The fourth-order valence-electron chi connectivity index (χ4n) is 5.79. The van der Waals surface area contributed by atoms with E-state index in [-0.39, 0.29) is 25.5 Å². The van der Waals surface area contributed by atoms with Gasteiger partial charge in [-0.2, -0.15) is 0 Å². The number of hydrogen-bond acceptors (Lipinski definition) is 2. The third-order valence-corrected chi connectivity index (χ3v) is 7.74. The Labute approximate surface area is 253 Å². The van der Waals surface area contributed by atoms with Crippen molar-refractivity contribution in [2.75, 3.05) is 0 Å². The van der Waals surface area contributed by atoms with Crippen molar-refractivity contribution in [2.45, 2.75) is 26.2 Å². The second-order valence-corrected chi connectivity index (χ2v) is 11.3. The first-order valence-electron chi connectivity index (χ1n) is 13.7. The molecular weight excluding hydrogens is 677 g/mol. The number of hydrogen-bond donors (Lipinski definition) is 0. The molecule has 201 valence electrons. The normalized spacial score (nSPS) is 11.6. The van der Waals surface area contributed by atoms with Crippen LogP contribution < -0.4 is 0 Å². The summed E-state index contributed by atoms with van der Waals surface area (Å²) in [5.41, 5.74) is 4.49. The summed E-state index contributed by atoms with van der Waals surface area (Å²) in [4.78, 5) is 8.99. The maximum Gasteiger partial charge on any atom is 0.0161 e. The molecule has 8 rings (SSSR count). The first-order chi connectivity index (χ1) is 19.5. The van der Waals surface area contributed by atoms with Gasteiger partial charge in [0.15, 0.2) is 0 Å². The van der Waals surface area contributed by atoms with Gasteiger partial charge in [-0.25, -0.2) is 0 Å². The number of aromatic nitrogens is 2. The van der Waals surface area contributed by atoms with Crippen LogP contribution in [0.25, 0.3) is 65.3 Å². The molecule has 0 spiro atoms. The Morgan fingerprint density at radius 1 is 0.561 bits per heavy atom. The molecule has 2 nitrogen and oxygen atoms in total. The van der Waals surface area contributed by atoms with Gasteiger partial charge >= 0.3 is 0 Å². The Morgan fingerprint density at radius 2 is 1.24 bits per heavy atom. The zero-order valence-corrected chi connectivity index (χ0v) is 25.6. The van der Waals surface area contributed by atoms with Crippen LogP contribution in [0.1, 0.15) is 26.3 Å². The van der Waals surface area contributed by atoms with E-state index in [9.17, 15) is 0 Å². The van der Waals surface area contributed by atoms with Crippen LogP contribution in [0.4, 0.5) is 0 Å². The molecule has 1 radical (unpaired) electrons. The largest absolute Gasteiger partial charge is 0.305 e. The fraction of sp³-hybridized carbons (Fsp3) is 0.105. The summed E-state index contributed by atoms with van der Waals surface area (Å²) >= 11 is 0. The predicted octanol–water partition coefficient (Wildman–Crippen LogP) is 9.93. The molecule has 0 aliphatic rings. The van der Waals surface area contributed by atoms with Crippen LogP contribution >= 0.6 is 0 Å². The molecule has 41 heavy (non-hydrogen) atoms. The average molecular weight is 705 g/mol. The van der Waals surface area contributed by atoms with E-state index in [0.717, 1.165) is 22.2 Å². The maximum absolute atomic E-state index is 4.77. The topological polar surface area (TPSA) is 25.8 Å². The van der Waals surface area contributed by atoms with E-state index in [1.807, 2.05) is 60.8 Å². The number of nitrogens with zero attached hydrogens (tertiary/aromatic N) is 2. The van der Waals surface area contributed by atoms with Crippen LogP contribution in [-0.4, -0.2) is 9.97 Å². The van der Waals surface area contributed by atoms with Gasteiger partial charge in [-0.05, 0) is 66.6 Å². The van der Waals surface area contributed by atoms with Crippen molar-refractivity contribution < 1.29 is 20.1 Å². The molecule has 0 aliphatic heterocycles. The van der Waals surface area contributed by atoms with Crippen molar-refractivity contribution in [3.63, 3.8) is 0 Å². The van der Waals surface area contributed by atoms with Crippen LogP contribution in [0.3, 0.4) is 0 Å². The first-order valence-corrected chi connectivity index (χ1v) is 13.7. The molecule has 2 aromatic heterocycles. The fourth-order valence-corrected chi connectivity index (χ4v) is 5.79. The van der Waals surface area contributed by atoms with Gasteiger partial charge in [-0.3, -0.25) is 0 Å². The molecule has 2 heterocycles. The Hall–Kier alpha value is -4.17. The van der Waals surface area contributed by atoms with Crippen molar-refractivity contribution >= 4 is 54.0 Å². The number of benzene rings is 6. The number of rotatable bonds is 1. The molecule has 0 fully saturated rings. The van der Waals surface area contributed by atoms with E-state index in [0.29, 0.717) is 0 Å². The summed E-state index contributed by atoms with van der Waals surface area (Å²) in [5.74, 6) is 0. The monoisotopic (exact) mass is 705 g/mol. The average Bonchev–Trinajstić information content (AvgIpc) is 3.01. The van der Waals surface area contributed by atoms with Crippen molar-refractivity contribution in [1.82, 2.24) is 9.97 Å². The second kappa shape index (κ2) is 10.7. The zero-order valence-electron chi connectivity index (χ0n) is 23.2. The Morgan fingerprint density at radius 3 is 1.95 bits per heavy atom. The van der Waals surface area contributed by atoms with Crippen molar-refractivity contribution in [3.8, 4) is 11.3 Å². The van der Waals surface area contributed by atoms with Crippen LogP contribution in [-0.2, 0) is 25.5 Å². The van der Waals surface area contributed by atoms with Crippen molar-refractivity contribution in [3.05, 3.63) is 133 Å². The molecule has 0 N–H and O–H groups in total. The van der Waals surface area contributed by atoms with Crippen LogP contribution in [0, 0.1) is 12.1 Å². The maximum atomic E-state index is 4.77. The summed E-state index contributed by atoms with van der Waals surface area (Å²) in [6, 6.07) is 42.4. The van der Waals surface area contributed by atoms with Gasteiger partial charge in [-0.1, -0.05) is 86.1 Å². The SMILES string of the molecule is CC(C)(C)c1cc2c3ccccc3c3cc[c-]c4c5ncccc5c(c1)c2c43.[Ir].[c-]1ccccc1-c1ccccn1. The summed E-state index contributed by atoms with van der Waals surface area (Å²) in [6.45, 7) is 6.86. The molecule has 0 bridgehead atoms. The third-order valence-electron chi connectivity index (χ3n) is 7.74. The molecular formula is C38H28IrN2-2. The molecule has 0 unspecified atom stereocenters. The Balaban J connectivity index is 0.000000196. The molecule has 0 saturated carbocycles. The third kappa shape index (κ3) is 4.66. The Kier molecular flexibility index (Phi) is 7.03. The standard InChI is InChI=1S/C27H20N.C11H8N.Ir/c1-27(2,3)16-14-22-18-9-5-4-8-17(18)19-10-6-11-21-24(19)25(22)23(15-16)20-12-7-13-28-26(20)21;1-2-6-10(7-3-1)11-8-4-5-9-12-11;/h4-10,12-15H,1-3H3;1-6,8-9H;/q2*-1;. The van der Waals surface area contributed by atoms with Gasteiger partial charge in [0.2, 0.25) is 0 Å². The van der Waals surface area contributed by atoms with Crippen molar-refractivity contribution in [2.24, 2.45) is 0 Å².